The van der Waals surface area contributed by atoms with E-state index in [9.17, 15) is 4.79 Å². The highest BCUT2D eigenvalue weighted by Gasteiger charge is 2.19. The zero-order chi connectivity index (χ0) is 36.2. The minimum absolute atomic E-state index is 0.373. The number of esters is 1. The number of nitrogens with zero attached hydrogens (tertiary/aromatic N) is 2. The van der Waals surface area contributed by atoms with Crippen molar-refractivity contribution in [2.75, 3.05) is 46.4 Å². The number of allylic oxidation sites excluding steroid dienone is 8. The predicted molar refractivity (Wildman–Crippen MR) is 213 cm³/mol. The first kappa shape index (κ1) is 38.7. The highest BCUT2D eigenvalue weighted by molar-refractivity contribution is 8.00. The lowest BCUT2D eigenvalue weighted by molar-refractivity contribution is 0.0587. The lowest BCUT2D eigenvalue weighted by Crippen LogP contribution is -2.14. The van der Waals surface area contributed by atoms with Gasteiger partial charge in [0, 0.05) is 72.4 Å². The minimum atomic E-state index is -0.373. The molecule has 0 amide bonds. The number of hydrogen-bond donors (Lipinski definition) is 2. The highest BCUT2D eigenvalue weighted by atomic mass is 35.5. The van der Waals surface area contributed by atoms with Crippen molar-refractivity contribution >= 4 is 51.9 Å². The van der Waals surface area contributed by atoms with Crippen molar-refractivity contribution in [1.29, 1.82) is 5.41 Å². The van der Waals surface area contributed by atoms with Gasteiger partial charge in [0.1, 0.15) is 11.4 Å². The van der Waals surface area contributed by atoms with E-state index in [0.717, 1.165) is 69.8 Å². The molecular weight excluding hydrogens is 664 g/mol. The van der Waals surface area contributed by atoms with Crippen molar-refractivity contribution in [3.8, 4) is 5.75 Å². The van der Waals surface area contributed by atoms with E-state index >= 15 is 0 Å². The monoisotopic (exact) mass is 714 g/mol. The summed E-state index contributed by atoms with van der Waals surface area (Å²) in [6, 6.07) is 14.6. The highest BCUT2D eigenvalue weighted by Crippen LogP contribution is 2.30. The van der Waals surface area contributed by atoms with Gasteiger partial charge in [-0.2, -0.15) is 11.8 Å². The summed E-state index contributed by atoms with van der Waals surface area (Å²) in [4.78, 5) is 15.0. The molecule has 0 atom stereocenters. The zero-order valence-corrected chi connectivity index (χ0v) is 32.1. The van der Waals surface area contributed by atoms with Crippen LogP contribution >= 0.6 is 23.4 Å². The summed E-state index contributed by atoms with van der Waals surface area (Å²) >= 11 is 8.67. The van der Waals surface area contributed by atoms with Crippen LogP contribution in [0, 0.1) is 12.3 Å². The normalized spacial score (nSPS) is 20.1. The van der Waals surface area contributed by atoms with Gasteiger partial charge in [-0.15, -0.1) is 0 Å². The minimum Gasteiger partial charge on any atom is -0.493 e. The Balaban J connectivity index is 1.78. The Hall–Kier alpha value is -4.14. The number of carbonyl (C=O) groups is 1. The van der Waals surface area contributed by atoms with Crippen LogP contribution in [0.4, 0.5) is 0 Å². The number of rotatable bonds is 4. The second kappa shape index (κ2) is 18.7. The molecule has 0 radical (unpaired) electrons. The van der Waals surface area contributed by atoms with Crippen LogP contribution in [0.15, 0.2) is 94.3 Å². The molecule has 1 aromatic heterocycles. The number of aryl methyl sites for hydroxylation is 2. The molecule has 3 aromatic rings. The summed E-state index contributed by atoms with van der Waals surface area (Å²) in [5.74, 6) is 1.80. The molecule has 266 valence electrons. The predicted octanol–water partition coefficient (Wildman–Crippen LogP) is 9.32. The van der Waals surface area contributed by atoms with Crippen LogP contribution in [0.1, 0.15) is 60.4 Å². The molecule has 50 heavy (non-hydrogen) atoms. The number of nitrogens with one attached hydrogen (secondary N) is 2. The Morgan fingerprint density at radius 2 is 1.92 bits per heavy atom. The van der Waals surface area contributed by atoms with Gasteiger partial charge in [-0.1, -0.05) is 54.9 Å². The maximum Gasteiger partial charge on any atom is 0.354 e. The fourth-order valence-electron chi connectivity index (χ4n) is 6.05. The number of benzene rings is 2. The third kappa shape index (κ3) is 10.2. The number of fused-ring (bicyclic) bond motifs is 5. The van der Waals surface area contributed by atoms with E-state index in [4.69, 9.17) is 26.5 Å². The third-order valence-electron chi connectivity index (χ3n) is 8.79. The second-order valence-electron chi connectivity index (χ2n) is 12.6. The second-order valence-corrected chi connectivity index (χ2v) is 14.0. The summed E-state index contributed by atoms with van der Waals surface area (Å²) in [5.41, 5.74) is 8.34. The van der Waals surface area contributed by atoms with Crippen molar-refractivity contribution in [3.05, 3.63) is 117 Å². The Bertz CT molecular complexity index is 1850. The van der Waals surface area contributed by atoms with Crippen LogP contribution in [0.2, 0.25) is 0 Å². The molecular formula is C41H51ClN4O3S. The maximum atomic E-state index is 12.9. The van der Waals surface area contributed by atoms with E-state index in [1.54, 1.807) is 11.8 Å². The molecule has 0 unspecified atom stereocenters. The van der Waals surface area contributed by atoms with Gasteiger partial charge in [0.2, 0.25) is 0 Å². The topological polar surface area (TPSA) is 79.6 Å². The molecule has 4 rings (SSSR count). The number of methoxy groups -OCH3 is 1. The Labute approximate surface area is 307 Å². The van der Waals surface area contributed by atoms with Gasteiger partial charge in [-0.25, -0.2) is 4.79 Å². The molecule has 2 heterocycles. The van der Waals surface area contributed by atoms with Crippen LogP contribution in [0.3, 0.4) is 0 Å². The van der Waals surface area contributed by atoms with Crippen molar-refractivity contribution in [2.24, 2.45) is 0 Å². The van der Waals surface area contributed by atoms with Gasteiger partial charge in [-0.3, -0.25) is 0 Å². The van der Waals surface area contributed by atoms with Crippen LogP contribution < -0.4 is 10.1 Å². The summed E-state index contributed by atoms with van der Waals surface area (Å²) in [7, 11) is 7.40. The van der Waals surface area contributed by atoms with Crippen LogP contribution in [0.5, 0.6) is 5.75 Å². The van der Waals surface area contributed by atoms with Gasteiger partial charge in [0.25, 0.3) is 0 Å². The molecule has 9 heteroatoms. The number of aromatic nitrogens is 1. The molecule has 1 aliphatic rings. The Kier molecular flexibility index (Phi) is 14.5. The summed E-state index contributed by atoms with van der Waals surface area (Å²) in [5, 5.41) is 14.9. The van der Waals surface area contributed by atoms with Crippen molar-refractivity contribution in [1.82, 2.24) is 14.8 Å². The molecule has 7 nitrogen and oxygen atoms in total. The molecule has 0 saturated carbocycles. The van der Waals surface area contributed by atoms with E-state index < -0.39 is 0 Å². The van der Waals surface area contributed by atoms with Crippen LogP contribution in [-0.2, 0) is 17.7 Å². The SMILES string of the molecule is CC\C=C1/CSCC(=N)/C=C(\NC)CCc2cc(c3ccccc3c2)OCCCn2c(cc(C)c2C(=O)OC)\C=C/C(Cl)=C/C1=C(\C)N(C)C. The molecule has 0 spiro atoms. The van der Waals surface area contributed by atoms with Gasteiger partial charge < -0.3 is 29.7 Å². The zero-order valence-electron chi connectivity index (χ0n) is 30.5. The molecule has 0 saturated heterocycles. The number of ether oxygens (including phenoxy) is 2. The first-order valence-corrected chi connectivity index (χ1v) is 18.7. The summed E-state index contributed by atoms with van der Waals surface area (Å²) in [6.07, 6.45) is 13.2. The van der Waals surface area contributed by atoms with E-state index in [0.29, 0.717) is 41.8 Å². The van der Waals surface area contributed by atoms with E-state index in [-0.39, 0.29) is 5.97 Å². The lowest BCUT2D eigenvalue weighted by Gasteiger charge is -2.20. The van der Waals surface area contributed by atoms with Gasteiger partial charge in [0.15, 0.2) is 0 Å². The van der Waals surface area contributed by atoms with Crippen LogP contribution in [0.25, 0.3) is 16.8 Å². The first-order valence-electron chi connectivity index (χ1n) is 17.2. The maximum absolute atomic E-state index is 12.9. The van der Waals surface area contributed by atoms with E-state index in [1.165, 1.54) is 18.2 Å². The van der Waals surface area contributed by atoms with Gasteiger partial charge in [-0.05, 0) is 104 Å². The van der Waals surface area contributed by atoms with Gasteiger partial charge in [0.05, 0.1) is 13.7 Å². The Morgan fingerprint density at radius 1 is 1.14 bits per heavy atom. The first-order chi connectivity index (χ1) is 24.1. The quantitative estimate of drug-likeness (QED) is 0.262. The average Bonchev–Trinajstić information content (AvgIpc) is 3.42. The number of halogens is 1. The number of carbonyl (C=O) groups excluding carboxylic acids is 1. The van der Waals surface area contributed by atoms with Gasteiger partial charge >= 0.3 is 5.97 Å². The van der Waals surface area contributed by atoms with E-state index in [2.05, 4.69) is 54.4 Å². The van der Waals surface area contributed by atoms with E-state index in [1.807, 2.05) is 75.1 Å². The van der Waals surface area contributed by atoms with Crippen molar-refractivity contribution in [2.45, 2.75) is 53.0 Å². The lowest BCUT2D eigenvalue weighted by atomic mass is 10.0. The summed E-state index contributed by atoms with van der Waals surface area (Å²) < 4.78 is 13.6. The molecule has 1 aliphatic heterocycles. The number of thioether (sulfide) groups is 1. The standard InChI is InChI=1S/C41H51ClN4O3S/c1-8-12-32-26-50-27-34(43)25-35(44-4)17-15-30-22-31-13-9-10-14-37(31)39(23-30)49-20-11-19-46-36(21-28(2)40(46)41(47)48-7)18-16-33(42)24-38(32)29(3)45(5)6/h9-10,12-14,16,18,21-25,43-44H,8,11,15,17,19-20,26-27H2,1-7H3/b18-16-,32-12+,33-24-,35-25-,38-29-,43-34?. The molecule has 0 aliphatic carbocycles. The number of hydrogen-bond acceptors (Lipinski definition) is 7. The average molecular weight is 715 g/mol. The Morgan fingerprint density at radius 3 is 2.64 bits per heavy atom. The largest absolute Gasteiger partial charge is 0.493 e. The van der Waals surface area contributed by atoms with Crippen molar-refractivity contribution in [3.63, 3.8) is 0 Å². The smallest absolute Gasteiger partial charge is 0.354 e. The molecule has 2 aromatic carbocycles. The third-order valence-corrected chi connectivity index (χ3v) is 10.1. The molecule has 2 N–H and O–H groups in total. The molecule has 2 bridgehead atoms. The fourth-order valence-corrected chi connectivity index (χ4v) is 7.12. The van der Waals surface area contributed by atoms with Crippen LogP contribution in [-0.4, -0.2) is 67.5 Å². The molecule has 0 fully saturated rings. The van der Waals surface area contributed by atoms with Crippen molar-refractivity contribution < 1.29 is 14.3 Å². The fraction of sp³-hybridized carbons (Fsp3) is 0.366. The summed E-state index contributed by atoms with van der Waals surface area (Å²) in [6.45, 7) is 7.19.